The second-order valence-electron chi connectivity index (χ2n) is 6.32. The quantitative estimate of drug-likeness (QED) is 0.907. The first kappa shape index (κ1) is 13.2. The van der Waals surface area contributed by atoms with Gasteiger partial charge in [-0.25, -0.2) is 4.98 Å². The summed E-state index contributed by atoms with van der Waals surface area (Å²) in [5, 5.41) is 0. The number of nitrogens with zero attached hydrogens (tertiary/aromatic N) is 2. The van der Waals surface area contributed by atoms with Crippen LogP contribution in [0.3, 0.4) is 0 Å². The maximum Gasteiger partial charge on any atom is 0.131 e. The summed E-state index contributed by atoms with van der Waals surface area (Å²) >= 11 is 0. The maximum absolute atomic E-state index is 6.40. The molecule has 2 aromatic rings. The van der Waals surface area contributed by atoms with Gasteiger partial charge in [0.05, 0.1) is 0 Å². The molecule has 20 heavy (non-hydrogen) atoms. The van der Waals surface area contributed by atoms with Gasteiger partial charge in [0, 0.05) is 17.5 Å². The van der Waals surface area contributed by atoms with E-state index in [0.29, 0.717) is 12.0 Å². The topological polar surface area (TPSA) is 43.8 Å². The summed E-state index contributed by atoms with van der Waals surface area (Å²) in [6.07, 6.45) is 2.49. The molecular formula is C17H23N3. The van der Waals surface area contributed by atoms with Crippen molar-refractivity contribution in [1.82, 2.24) is 9.55 Å². The third-order valence-corrected chi connectivity index (χ3v) is 3.93. The monoisotopic (exact) mass is 269 g/mol. The second-order valence-corrected chi connectivity index (χ2v) is 6.32. The van der Waals surface area contributed by atoms with Crippen molar-refractivity contribution >= 4 is 5.82 Å². The Labute approximate surface area is 120 Å². The molecule has 3 nitrogen and oxygen atoms in total. The van der Waals surface area contributed by atoms with E-state index in [1.54, 1.807) is 0 Å². The van der Waals surface area contributed by atoms with Crippen LogP contribution in [0, 0.1) is 13.8 Å². The first-order chi connectivity index (χ1) is 9.47. The van der Waals surface area contributed by atoms with Crippen LogP contribution < -0.4 is 5.73 Å². The summed E-state index contributed by atoms with van der Waals surface area (Å²) in [6.45, 7) is 8.59. The van der Waals surface area contributed by atoms with E-state index in [2.05, 4.69) is 50.5 Å². The van der Waals surface area contributed by atoms with E-state index < -0.39 is 0 Å². The van der Waals surface area contributed by atoms with Crippen LogP contribution in [0.25, 0.3) is 11.3 Å². The molecule has 0 amide bonds. The van der Waals surface area contributed by atoms with Crippen LogP contribution >= 0.6 is 0 Å². The molecule has 106 valence electrons. The molecule has 1 aliphatic rings. The fraction of sp³-hybridized carbons (Fsp3) is 0.471. The largest absolute Gasteiger partial charge is 0.383 e. The summed E-state index contributed by atoms with van der Waals surface area (Å²) in [5.41, 5.74) is 11.0. The van der Waals surface area contributed by atoms with E-state index in [1.165, 1.54) is 29.8 Å². The Balaban J connectivity index is 2.16. The van der Waals surface area contributed by atoms with Gasteiger partial charge in [0.15, 0.2) is 0 Å². The highest BCUT2D eigenvalue weighted by atomic mass is 15.2. The molecule has 0 spiro atoms. The van der Waals surface area contributed by atoms with Gasteiger partial charge >= 0.3 is 0 Å². The van der Waals surface area contributed by atoms with Crippen molar-refractivity contribution in [1.29, 1.82) is 0 Å². The van der Waals surface area contributed by atoms with E-state index in [-0.39, 0.29) is 0 Å². The van der Waals surface area contributed by atoms with Gasteiger partial charge in [0.25, 0.3) is 0 Å². The predicted octanol–water partition coefficient (Wildman–Crippen LogP) is 4.21. The number of imidazole rings is 1. The highest BCUT2D eigenvalue weighted by Crippen LogP contribution is 2.43. The molecule has 1 saturated carbocycles. The van der Waals surface area contributed by atoms with Gasteiger partial charge in [0.2, 0.25) is 0 Å². The van der Waals surface area contributed by atoms with Crippen molar-refractivity contribution in [3.63, 3.8) is 0 Å². The van der Waals surface area contributed by atoms with Crippen molar-refractivity contribution in [2.75, 3.05) is 5.73 Å². The second kappa shape index (κ2) is 4.65. The van der Waals surface area contributed by atoms with Crippen LogP contribution in [0.5, 0.6) is 0 Å². The molecule has 3 rings (SSSR count). The van der Waals surface area contributed by atoms with Crippen LogP contribution in [0.1, 0.15) is 55.6 Å². The normalized spacial score (nSPS) is 15.1. The van der Waals surface area contributed by atoms with Crippen molar-refractivity contribution in [3.05, 3.63) is 35.2 Å². The minimum atomic E-state index is 0.359. The lowest BCUT2D eigenvalue weighted by atomic mass is 10.1. The number of rotatable bonds is 3. The molecule has 1 aliphatic carbocycles. The van der Waals surface area contributed by atoms with E-state index in [1.807, 2.05) is 0 Å². The van der Waals surface area contributed by atoms with Gasteiger partial charge < -0.3 is 10.3 Å². The van der Waals surface area contributed by atoms with Crippen molar-refractivity contribution < 1.29 is 0 Å². The van der Waals surface area contributed by atoms with Crippen molar-refractivity contribution in [2.24, 2.45) is 0 Å². The molecule has 3 heteroatoms. The summed E-state index contributed by atoms with van der Waals surface area (Å²) in [5.74, 6) is 2.60. The first-order valence-electron chi connectivity index (χ1n) is 7.43. The number of nitrogen functional groups attached to an aromatic ring is 1. The van der Waals surface area contributed by atoms with Gasteiger partial charge in [-0.1, -0.05) is 17.2 Å². The molecule has 1 fully saturated rings. The Hall–Kier alpha value is -1.77. The molecular weight excluding hydrogens is 246 g/mol. The summed E-state index contributed by atoms with van der Waals surface area (Å²) in [4.78, 5) is 4.88. The van der Waals surface area contributed by atoms with Crippen molar-refractivity contribution in [3.8, 4) is 11.3 Å². The van der Waals surface area contributed by atoms with E-state index >= 15 is 0 Å². The standard InChI is InChI=1S/C17H23N3/c1-10(2)20-16(18)15(19-17(20)13-5-6-13)14-8-11(3)7-12(4)9-14/h7-10,13H,5-6,18H2,1-4H3. The highest BCUT2D eigenvalue weighted by Gasteiger charge is 2.31. The van der Waals surface area contributed by atoms with Crippen LogP contribution in [-0.2, 0) is 0 Å². The third kappa shape index (κ3) is 2.21. The average Bonchev–Trinajstić information content (AvgIpc) is 3.11. The Morgan fingerprint density at radius 2 is 1.75 bits per heavy atom. The van der Waals surface area contributed by atoms with Crippen LogP contribution in [0.2, 0.25) is 0 Å². The molecule has 0 atom stereocenters. The van der Waals surface area contributed by atoms with Gasteiger partial charge in [-0.05, 0) is 52.7 Å². The van der Waals surface area contributed by atoms with Gasteiger partial charge in [0.1, 0.15) is 17.3 Å². The maximum atomic E-state index is 6.40. The number of nitrogens with two attached hydrogens (primary N) is 1. The fourth-order valence-corrected chi connectivity index (χ4v) is 2.96. The van der Waals surface area contributed by atoms with E-state index in [0.717, 1.165) is 17.1 Å². The Morgan fingerprint density at radius 1 is 1.15 bits per heavy atom. The van der Waals surface area contributed by atoms with Gasteiger partial charge in [-0.15, -0.1) is 0 Å². The molecule has 0 bridgehead atoms. The lowest BCUT2D eigenvalue weighted by Crippen LogP contribution is -2.08. The Morgan fingerprint density at radius 3 is 2.25 bits per heavy atom. The minimum Gasteiger partial charge on any atom is -0.383 e. The van der Waals surface area contributed by atoms with E-state index in [9.17, 15) is 0 Å². The number of hydrogen-bond donors (Lipinski definition) is 1. The number of benzene rings is 1. The number of anilines is 1. The summed E-state index contributed by atoms with van der Waals surface area (Å²) in [6, 6.07) is 6.89. The minimum absolute atomic E-state index is 0.359. The van der Waals surface area contributed by atoms with Crippen LogP contribution in [0.4, 0.5) is 5.82 Å². The molecule has 1 aromatic heterocycles. The highest BCUT2D eigenvalue weighted by molar-refractivity contribution is 5.72. The van der Waals surface area contributed by atoms with Crippen LogP contribution in [-0.4, -0.2) is 9.55 Å². The van der Waals surface area contributed by atoms with Gasteiger partial charge in [-0.2, -0.15) is 0 Å². The molecule has 1 heterocycles. The zero-order valence-corrected chi connectivity index (χ0v) is 12.8. The lowest BCUT2D eigenvalue weighted by molar-refractivity contribution is 0.576. The predicted molar refractivity (Wildman–Crippen MR) is 83.9 cm³/mol. The summed E-state index contributed by atoms with van der Waals surface area (Å²) in [7, 11) is 0. The Bertz CT molecular complexity index is 628. The van der Waals surface area contributed by atoms with Gasteiger partial charge in [-0.3, -0.25) is 0 Å². The average molecular weight is 269 g/mol. The third-order valence-electron chi connectivity index (χ3n) is 3.93. The lowest BCUT2D eigenvalue weighted by Gasteiger charge is -2.13. The molecule has 0 aliphatic heterocycles. The fourth-order valence-electron chi connectivity index (χ4n) is 2.96. The van der Waals surface area contributed by atoms with E-state index in [4.69, 9.17) is 10.7 Å². The first-order valence-corrected chi connectivity index (χ1v) is 7.43. The molecule has 0 unspecified atom stereocenters. The molecule has 1 aromatic carbocycles. The Kier molecular flexibility index (Phi) is 3.08. The smallest absolute Gasteiger partial charge is 0.131 e. The SMILES string of the molecule is Cc1cc(C)cc(-c2nc(C3CC3)n(C(C)C)c2N)c1. The number of hydrogen-bond acceptors (Lipinski definition) is 2. The summed E-state index contributed by atoms with van der Waals surface area (Å²) < 4.78 is 2.21. The zero-order valence-electron chi connectivity index (χ0n) is 12.8. The molecule has 2 N–H and O–H groups in total. The van der Waals surface area contributed by atoms with Crippen LogP contribution in [0.15, 0.2) is 18.2 Å². The van der Waals surface area contributed by atoms with Crippen molar-refractivity contribution in [2.45, 2.75) is 52.5 Å². The number of aryl methyl sites for hydroxylation is 2. The molecule has 0 radical (unpaired) electrons. The number of aromatic nitrogens is 2. The zero-order chi connectivity index (χ0) is 14.4. The molecule has 0 saturated heterocycles.